The number of nitrogens with two attached hydrogens (primary N) is 1. The summed E-state index contributed by atoms with van der Waals surface area (Å²) in [5.41, 5.74) is 6.11. The SMILES string of the molecule is Nc1ncc2cc(O)ccc2n1. The molecule has 12 heavy (non-hydrogen) atoms. The van der Waals surface area contributed by atoms with Crippen molar-refractivity contribution < 1.29 is 5.11 Å². The number of rotatable bonds is 0. The first-order chi connectivity index (χ1) is 5.75. The quantitative estimate of drug-likeness (QED) is 0.602. The van der Waals surface area contributed by atoms with E-state index in [-0.39, 0.29) is 11.7 Å². The van der Waals surface area contributed by atoms with Crippen molar-refractivity contribution in [2.24, 2.45) is 0 Å². The van der Waals surface area contributed by atoms with Gasteiger partial charge in [-0.15, -0.1) is 0 Å². The van der Waals surface area contributed by atoms with Crippen molar-refractivity contribution in [3.63, 3.8) is 0 Å². The molecule has 1 heterocycles. The molecule has 4 nitrogen and oxygen atoms in total. The van der Waals surface area contributed by atoms with Crippen LogP contribution >= 0.6 is 0 Å². The fraction of sp³-hybridized carbons (Fsp3) is 0. The van der Waals surface area contributed by atoms with E-state index < -0.39 is 0 Å². The Morgan fingerprint density at radius 2 is 2.17 bits per heavy atom. The lowest BCUT2D eigenvalue weighted by atomic mass is 10.2. The number of nitrogens with zero attached hydrogens (tertiary/aromatic N) is 2. The second-order valence-electron chi connectivity index (χ2n) is 2.47. The lowest BCUT2D eigenvalue weighted by Crippen LogP contribution is -1.93. The molecule has 4 heteroatoms. The lowest BCUT2D eigenvalue weighted by molar-refractivity contribution is 0.476. The molecule has 0 atom stereocenters. The van der Waals surface area contributed by atoms with E-state index in [2.05, 4.69) is 9.97 Å². The minimum Gasteiger partial charge on any atom is -0.508 e. The maximum absolute atomic E-state index is 9.11. The Labute approximate surface area is 68.7 Å². The molecule has 60 valence electrons. The summed E-state index contributed by atoms with van der Waals surface area (Å²) < 4.78 is 0. The van der Waals surface area contributed by atoms with Gasteiger partial charge in [-0.1, -0.05) is 0 Å². The molecule has 0 aliphatic rings. The van der Waals surface area contributed by atoms with Gasteiger partial charge in [0, 0.05) is 11.6 Å². The summed E-state index contributed by atoms with van der Waals surface area (Å²) in [5, 5.41) is 9.89. The van der Waals surface area contributed by atoms with Gasteiger partial charge in [-0.2, -0.15) is 0 Å². The van der Waals surface area contributed by atoms with Crippen LogP contribution in [0.4, 0.5) is 5.95 Å². The van der Waals surface area contributed by atoms with E-state index in [0.717, 1.165) is 10.9 Å². The van der Waals surface area contributed by atoms with Crippen LogP contribution in [0.5, 0.6) is 5.75 Å². The standard InChI is InChI=1S/C8H7N3O/c9-8-10-4-5-3-6(12)1-2-7(5)11-8/h1-4,12H,(H2,9,10,11). The van der Waals surface area contributed by atoms with Crippen molar-refractivity contribution in [3.05, 3.63) is 24.4 Å². The molecule has 2 rings (SSSR count). The number of phenols is 1. The molecule has 0 fully saturated rings. The van der Waals surface area contributed by atoms with E-state index in [1.807, 2.05) is 0 Å². The highest BCUT2D eigenvalue weighted by atomic mass is 16.3. The molecular weight excluding hydrogens is 154 g/mol. The maximum atomic E-state index is 9.11. The molecule has 0 saturated carbocycles. The molecule has 0 spiro atoms. The van der Waals surface area contributed by atoms with Crippen molar-refractivity contribution in [1.29, 1.82) is 0 Å². The Morgan fingerprint density at radius 3 is 3.00 bits per heavy atom. The normalized spacial score (nSPS) is 10.3. The van der Waals surface area contributed by atoms with Gasteiger partial charge in [-0.25, -0.2) is 9.97 Å². The molecule has 1 aromatic carbocycles. The molecule has 0 radical (unpaired) electrons. The zero-order valence-corrected chi connectivity index (χ0v) is 6.23. The predicted octanol–water partition coefficient (Wildman–Crippen LogP) is 0.918. The number of nitrogen functional groups attached to an aromatic ring is 1. The average molecular weight is 161 g/mol. The lowest BCUT2D eigenvalue weighted by Gasteiger charge is -1.97. The molecule has 1 aromatic heterocycles. The van der Waals surface area contributed by atoms with Gasteiger partial charge in [-0.3, -0.25) is 0 Å². The number of aromatic nitrogens is 2. The van der Waals surface area contributed by atoms with Gasteiger partial charge < -0.3 is 10.8 Å². The number of aromatic hydroxyl groups is 1. The average Bonchev–Trinajstić information content (AvgIpc) is 2.05. The summed E-state index contributed by atoms with van der Waals surface area (Å²) in [6.07, 6.45) is 1.58. The van der Waals surface area contributed by atoms with Crippen molar-refractivity contribution in [3.8, 4) is 5.75 Å². The minimum atomic E-state index is 0.205. The first-order valence-electron chi connectivity index (χ1n) is 3.47. The Hall–Kier alpha value is -1.84. The van der Waals surface area contributed by atoms with Crippen LogP contribution in [0.25, 0.3) is 10.9 Å². The fourth-order valence-corrected chi connectivity index (χ4v) is 1.04. The van der Waals surface area contributed by atoms with Crippen LogP contribution < -0.4 is 5.73 Å². The molecule has 0 bridgehead atoms. The van der Waals surface area contributed by atoms with Crippen molar-refractivity contribution in [1.82, 2.24) is 9.97 Å². The van der Waals surface area contributed by atoms with Crippen LogP contribution in [-0.2, 0) is 0 Å². The molecule has 0 unspecified atom stereocenters. The van der Waals surface area contributed by atoms with E-state index in [1.165, 1.54) is 0 Å². The zero-order chi connectivity index (χ0) is 8.55. The highest BCUT2D eigenvalue weighted by Gasteiger charge is 1.96. The largest absolute Gasteiger partial charge is 0.508 e. The van der Waals surface area contributed by atoms with Gasteiger partial charge >= 0.3 is 0 Å². The number of anilines is 1. The summed E-state index contributed by atoms with van der Waals surface area (Å²) in [6.45, 7) is 0. The molecule has 3 N–H and O–H groups in total. The number of phenolic OH excluding ortho intramolecular Hbond substituents is 1. The Kier molecular flexibility index (Phi) is 1.33. The van der Waals surface area contributed by atoms with Gasteiger partial charge in [0.25, 0.3) is 0 Å². The van der Waals surface area contributed by atoms with Crippen LogP contribution in [0.15, 0.2) is 24.4 Å². The zero-order valence-electron chi connectivity index (χ0n) is 6.23. The summed E-state index contributed by atoms with van der Waals surface area (Å²) in [5.74, 6) is 0.448. The molecule has 0 aliphatic heterocycles. The van der Waals surface area contributed by atoms with Gasteiger partial charge in [0.2, 0.25) is 5.95 Å². The number of hydrogen-bond donors (Lipinski definition) is 2. The highest BCUT2D eigenvalue weighted by molar-refractivity contribution is 5.79. The van der Waals surface area contributed by atoms with E-state index >= 15 is 0 Å². The summed E-state index contributed by atoms with van der Waals surface area (Å²) in [4.78, 5) is 7.78. The van der Waals surface area contributed by atoms with E-state index in [9.17, 15) is 0 Å². The van der Waals surface area contributed by atoms with Crippen molar-refractivity contribution in [2.45, 2.75) is 0 Å². The second-order valence-corrected chi connectivity index (χ2v) is 2.47. The van der Waals surface area contributed by atoms with Gasteiger partial charge in [0.1, 0.15) is 5.75 Å². The first kappa shape index (κ1) is 6.84. The monoisotopic (exact) mass is 161 g/mol. The third kappa shape index (κ3) is 1.03. The first-order valence-corrected chi connectivity index (χ1v) is 3.47. The fourth-order valence-electron chi connectivity index (χ4n) is 1.04. The van der Waals surface area contributed by atoms with Crippen LogP contribution in [-0.4, -0.2) is 15.1 Å². The van der Waals surface area contributed by atoms with Crippen molar-refractivity contribution >= 4 is 16.9 Å². The molecule has 2 aromatic rings. The predicted molar refractivity (Wildman–Crippen MR) is 45.6 cm³/mol. The number of benzene rings is 1. The van der Waals surface area contributed by atoms with E-state index in [0.29, 0.717) is 0 Å². The third-order valence-corrected chi connectivity index (χ3v) is 1.58. The Balaban J connectivity index is 2.79. The smallest absolute Gasteiger partial charge is 0.220 e. The Morgan fingerprint density at radius 1 is 1.33 bits per heavy atom. The van der Waals surface area contributed by atoms with E-state index in [4.69, 9.17) is 10.8 Å². The molecule has 0 aliphatic carbocycles. The second kappa shape index (κ2) is 2.34. The van der Waals surface area contributed by atoms with Crippen molar-refractivity contribution in [2.75, 3.05) is 5.73 Å². The van der Waals surface area contributed by atoms with Gasteiger partial charge in [0.15, 0.2) is 0 Å². The van der Waals surface area contributed by atoms with Crippen LogP contribution in [0.2, 0.25) is 0 Å². The number of hydrogen-bond acceptors (Lipinski definition) is 4. The highest BCUT2D eigenvalue weighted by Crippen LogP contribution is 2.17. The van der Waals surface area contributed by atoms with Crippen LogP contribution in [0, 0.1) is 0 Å². The molecule has 0 amide bonds. The van der Waals surface area contributed by atoms with Gasteiger partial charge in [-0.05, 0) is 18.2 Å². The Bertz CT molecular complexity index is 386. The molecule has 0 saturated heterocycles. The maximum Gasteiger partial charge on any atom is 0.220 e. The van der Waals surface area contributed by atoms with Crippen LogP contribution in [0.3, 0.4) is 0 Å². The summed E-state index contributed by atoms with van der Waals surface area (Å²) in [7, 11) is 0. The topological polar surface area (TPSA) is 72.0 Å². The number of fused-ring (bicyclic) bond motifs is 1. The van der Waals surface area contributed by atoms with Gasteiger partial charge in [0.05, 0.1) is 5.52 Å². The minimum absolute atomic E-state index is 0.205. The summed E-state index contributed by atoms with van der Waals surface area (Å²) in [6, 6.07) is 4.85. The summed E-state index contributed by atoms with van der Waals surface area (Å²) >= 11 is 0. The van der Waals surface area contributed by atoms with E-state index in [1.54, 1.807) is 24.4 Å². The third-order valence-electron chi connectivity index (χ3n) is 1.58. The van der Waals surface area contributed by atoms with Crippen LogP contribution in [0.1, 0.15) is 0 Å². The molecular formula is C8H7N3O.